The summed E-state index contributed by atoms with van der Waals surface area (Å²) in [6.45, 7) is 1.76. The van der Waals surface area contributed by atoms with E-state index in [4.69, 9.17) is 14.2 Å². The third kappa shape index (κ3) is 10.1. The Morgan fingerprint density at radius 1 is 0.735 bits per heavy atom. The molecular weight excluding hydrogens is 426 g/mol. The van der Waals surface area contributed by atoms with Gasteiger partial charge in [0.1, 0.15) is 30.7 Å². The van der Waals surface area contributed by atoms with Crippen LogP contribution in [-0.4, -0.2) is 19.2 Å². The van der Waals surface area contributed by atoms with E-state index in [0.717, 1.165) is 62.2 Å². The summed E-state index contributed by atoms with van der Waals surface area (Å²) in [6, 6.07) is 21.6. The summed E-state index contributed by atoms with van der Waals surface area (Å²) in [5.74, 6) is 1.46. The molecule has 0 saturated carbocycles. The second kappa shape index (κ2) is 15.5. The molecule has 1 heterocycles. The van der Waals surface area contributed by atoms with E-state index in [1.54, 1.807) is 12.3 Å². The Morgan fingerprint density at radius 2 is 1.35 bits per heavy atom. The first-order valence-corrected chi connectivity index (χ1v) is 11.7. The zero-order valence-corrected chi connectivity index (χ0v) is 19.4. The summed E-state index contributed by atoms with van der Waals surface area (Å²) in [7, 11) is 1.89. The van der Waals surface area contributed by atoms with Crippen molar-refractivity contribution in [3.05, 3.63) is 90.3 Å². The molecule has 3 rings (SSSR count). The number of unbranched alkanes of at least 4 members (excludes halogenated alkanes) is 5. The zero-order valence-electron chi connectivity index (χ0n) is 19.4. The van der Waals surface area contributed by atoms with E-state index in [9.17, 15) is 4.79 Å². The summed E-state index contributed by atoms with van der Waals surface area (Å²) in [4.78, 5) is 12.0. The molecule has 0 bridgehead atoms. The minimum Gasteiger partial charge on any atom is -0.494 e. The molecule has 0 N–H and O–H groups in total. The van der Waals surface area contributed by atoms with Crippen molar-refractivity contribution in [1.82, 2.24) is 0 Å². The average molecular weight is 465 g/mol. The number of hydrogen-bond acceptors (Lipinski definition) is 4. The predicted molar refractivity (Wildman–Crippen MR) is 135 cm³/mol. The van der Waals surface area contributed by atoms with Gasteiger partial charge in [-0.25, -0.2) is 9.36 Å². The van der Waals surface area contributed by atoms with Crippen LogP contribution < -0.4 is 14.0 Å². The molecule has 0 amide bonds. The summed E-state index contributed by atoms with van der Waals surface area (Å²) >= 11 is 0. The SMILES string of the molecule is C.C[n+]1cccc(C(=O)OCCCCCCCCOc2ccc(OCc3ccccc3)cc2)c1. The Morgan fingerprint density at radius 3 is 2.03 bits per heavy atom. The zero-order chi connectivity index (χ0) is 23.1. The lowest BCUT2D eigenvalue weighted by atomic mass is 10.1. The van der Waals surface area contributed by atoms with Gasteiger partial charge in [-0.1, -0.05) is 63.4 Å². The van der Waals surface area contributed by atoms with Gasteiger partial charge in [0.15, 0.2) is 12.4 Å². The van der Waals surface area contributed by atoms with Gasteiger partial charge < -0.3 is 14.2 Å². The molecule has 0 atom stereocenters. The van der Waals surface area contributed by atoms with E-state index in [-0.39, 0.29) is 13.4 Å². The first-order valence-electron chi connectivity index (χ1n) is 11.7. The number of hydrogen-bond donors (Lipinski definition) is 0. The van der Waals surface area contributed by atoms with Gasteiger partial charge in [-0.3, -0.25) is 0 Å². The minimum atomic E-state index is -0.251. The van der Waals surface area contributed by atoms with Crippen molar-refractivity contribution in [2.45, 2.75) is 52.6 Å². The second-order valence-electron chi connectivity index (χ2n) is 8.11. The van der Waals surface area contributed by atoms with Crippen LogP contribution in [0.5, 0.6) is 11.5 Å². The Bertz CT molecular complexity index is 957. The number of aromatic nitrogens is 1. The van der Waals surface area contributed by atoms with E-state index >= 15 is 0 Å². The number of aryl methyl sites for hydroxylation is 1. The number of ether oxygens (including phenoxy) is 3. The maximum Gasteiger partial charge on any atom is 0.344 e. The van der Waals surface area contributed by atoms with Crippen LogP contribution in [-0.2, 0) is 18.4 Å². The summed E-state index contributed by atoms with van der Waals surface area (Å²) in [5.41, 5.74) is 1.75. The topological polar surface area (TPSA) is 48.6 Å². The fourth-order valence-electron chi connectivity index (χ4n) is 3.43. The van der Waals surface area contributed by atoms with E-state index in [1.165, 1.54) is 0 Å². The third-order valence-electron chi connectivity index (χ3n) is 5.29. The van der Waals surface area contributed by atoms with Gasteiger partial charge >= 0.3 is 5.97 Å². The summed E-state index contributed by atoms with van der Waals surface area (Å²) in [5, 5.41) is 0. The van der Waals surface area contributed by atoms with Crippen molar-refractivity contribution in [3.8, 4) is 11.5 Å². The maximum absolute atomic E-state index is 12.0. The third-order valence-corrected chi connectivity index (χ3v) is 5.29. The van der Waals surface area contributed by atoms with Crippen LogP contribution in [0, 0.1) is 0 Å². The highest BCUT2D eigenvalue weighted by molar-refractivity contribution is 5.88. The quantitative estimate of drug-likeness (QED) is 0.160. The lowest BCUT2D eigenvalue weighted by molar-refractivity contribution is -0.671. The molecule has 5 nitrogen and oxygen atoms in total. The number of carbonyl (C=O) groups is 1. The standard InChI is InChI=1S/C28H34NO4.CH4/c1-29-19-11-14-25(22-29)28(30)32-21-10-5-3-2-4-9-20-31-26-15-17-27(18-16-26)33-23-24-12-7-6-8-13-24;/h6-8,11-19,22H,2-5,9-10,20-21,23H2,1H3;1H4/q+1;. The van der Waals surface area contributed by atoms with Gasteiger partial charge in [-0.05, 0) is 48.7 Å². The summed E-state index contributed by atoms with van der Waals surface area (Å²) < 4.78 is 18.8. The molecule has 3 aromatic rings. The maximum atomic E-state index is 12.0. The fourth-order valence-corrected chi connectivity index (χ4v) is 3.43. The molecule has 0 aliphatic heterocycles. The van der Waals surface area contributed by atoms with Crippen LogP contribution in [0.25, 0.3) is 0 Å². The highest BCUT2D eigenvalue weighted by Crippen LogP contribution is 2.19. The number of nitrogens with zero attached hydrogens (tertiary/aromatic N) is 1. The number of rotatable bonds is 14. The normalized spacial score (nSPS) is 10.3. The number of esters is 1. The Kier molecular flexibility index (Phi) is 12.3. The largest absolute Gasteiger partial charge is 0.494 e. The molecule has 5 heteroatoms. The van der Waals surface area contributed by atoms with Gasteiger partial charge in [0.2, 0.25) is 0 Å². The molecule has 1 aromatic heterocycles. The van der Waals surface area contributed by atoms with Crippen LogP contribution in [0.4, 0.5) is 0 Å². The Hall–Kier alpha value is -3.34. The predicted octanol–water partition coefficient (Wildman–Crippen LogP) is 6.30. The molecule has 0 saturated heterocycles. The summed E-state index contributed by atoms with van der Waals surface area (Å²) in [6.07, 6.45) is 10.1. The lowest BCUT2D eigenvalue weighted by Gasteiger charge is -2.09. The van der Waals surface area contributed by atoms with Crippen molar-refractivity contribution >= 4 is 5.97 Å². The monoisotopic (exact) mass is 464 g/mol. The van der Waals surface area contributed by atoms with Crippen LogP contribution in [0.3, 0.4) is 0 Å². The Labute approximate surface area is 204 Å². The van der Waals surface area contributed by atoms with Crippen LogP contribution in [0.15, 0.2) is 79.1 Å². The number of pyridine rings is 1. The van der Waals surface area contributed by atoms with Crippen molar-refractivity contribution < 1.29 is 23.6 Å². The molecule has 0 spiro atoms. The molecule has 0 aliphatic carbocycles. The number of benzene rings is 2. The second-order valence-corrected chi connectivity index (χ2v) is 8.11. The molecule has 0 radical (unpaired) electrons. The molecule has 182 valence electrons. The van der Waals surface area contributed by atoms with Crippen molar-refractivity contribution in [2.75, 3.05) is 13.2 Å². The van der Waals surface area contributed by atoms with Gasteiger partial charge in [0.25, 0.3) is 0 Å². The van der Waals surface area contributed by atoms with Crippen LogP contribution >= 0.6 is 0 Å². The molecule has 0 fully saturated rings. The first-order chi connectivity index (χ1) is 16.2. The van der Waals surface area contributed by atoms with Crippen molar-refractivity contribution in [1.29, 1.82) is 0 Å². The highest BCUT2D eigenvalue weighted by Gasteiger charge is 2.09. The first kappa shape index (κ1) is 26.9. The smallest absolute Gasteiger partial charge is 0.344 e. The van der Waals surface area contributed by atoms with Crippen LogP contribution in [0.1, 0.15) is 61.9 Å². The van der Waals surface area contributed by atoms with Crippen LogP contribution in [0.2, 0.25) is 0 Å². The molecule has 34 heavy (non-hydrogen) atoms. The van der Waals surface area contributed by atoms with E-state index in [2.05, 4.69) is 12.1 Å². The molecule has 0 unspecified atom stereocenters. The van der Waals surface area contributed by atoms with E-state index in [0.29, 0.717) is 18.8 Å². The van der Waals surface area contributed by atoms with Gasteiger partial charge in [-0.15, -0.1) is 0 Å². The fraction of sp³-hybridized carbons (Fsp3) is 0.379. The average Bonchev–Trinajstić information content (AvgIpc) is 2.85. The highest BCUT2D eigenvalue weighted by atomic mass is 16.5. The number of carbonyl (C=O) groups excluding carboxylic acids is 1. The van der Waals surface area contributed by atoms with Crippen molar-refractivity contribution in [2.24, 2.45) is 7.05 Å². The molecule has 2 aromatic carbocycles. The molecule has 0 aliphatic rings. The van der Waals surface area contributed by atoms with Gasteiger partial charge in [0, 0.05) is 6.07 Å². The lowest BCUT2D eigenvalue weighted by Crippen LogP contribution is -2.28. The van der Waals surface area contributed by atoms with Gasteiger partial charge in [-0.2, -0.15) is 0 Å². The van der Waals surface area contributed by atoms with Gasteiger partial charge in [0.05, 0.1) is 13.2 Å². The van der Waals surface area contributed by atoms with E-state index in [1.807, 2.05) is 66.3 Å². The Balaban J connectivity index is 0.00000408. The minimum absolute atomic E-state index is 0. The molecular formula is C29H38NO4+. The van der Waals surface area contributed by atoms with E-state index < -0.39 is 0 Å². The van der Waals surface area contributed by atoms with Crippen molar-refractivity contribution in [3.63, 3.8) is 0 Å².